The molecule has 0 saturated heterocycles. The molecule has 1 aliphatic carbocycles. The lowest BCUT2D eigenvalue weighted by atomic mass is 10.1. The second-order valence-electron chi connectivity index (χ2n) is 6.59. The summed E-state index contributed by atoms with van der Waals surface area (Å²) in [7, 11) is 0. The number of nitrogens with two attached hydrogens (primary N) is 1. The van der Waals surface area contributed by atoms with Crippen LogP contribution in [0.15, 0.2) is 24.4 Å². The molecule has 134 valence electrons. The number of hydrogen-bond donors (Lipinski definition) is 4. The van der Waals surface area contributed by atoms with Crippen LogP contribution in [0.5, 0.6) is 0 Å². The van der Waals surface area contributed by atoms with Gasteiger partial charge in [0.25, 0.3) is 5.91 Å². The van der Waals surface area contributed by atoms with Gasteiger partial charge in [-0.1, -0.05) is 0 Å². The van der Waals surface area contributed by atoms with Gasteiger partial charge in [0.1, 0.15) is 5.82 Å². The summed E-state index contributed by atoms with van der Waals surface area (Å²) in [6, 6.07) is 5.55. The first kappa shape index (κ1) is 16.3. The highest BCUT2D eigenvalue weighted by Crippen LogP contribution is 2.42. The molecule has 8 heteroatoms. The third-order valence-corrected chi connectivity index (χ3v) is 4.54. The molecule has 1 aromatic carbocycles. The Hall–Kier alpha value is -3.16. The summed E-state index contributed by atoms with van der Waals surface area (Å²) in [5, 5.41) is 9.17. The van der Waals surface area contributed by atoms with Gasteiger partial charge in [0.15, 0.2) is 0 Å². The summed E-state index contributed by atoms with van der Waals surface area (Å²) in [5.74, 6) is 1.30. The van der Waals surface area contributed by atoms with E-state index in [1.54, 1.807) is 6.07 Å². The zero-order valence-corrected chi connectivity index (χ0v) is 14.2. The Morgan fingerprint density at radius 1 is 1.35 bits per heavy atom. The van der Waals surface area contributed by atoms with E-state index in [0.29, 0.717) is 30.5 Å². The van der Waals surface area contributed by atoms with Crippen molar-refractivity contribution in [3.63, 3.8) is 0 Å². The molecule has 1 fully saturated rings. The van der Waals surface area contributed by atoms with E-state index in [1.807, 2.05) is 18.3 Å². The van der Waals surface area contributed by atoms with Gasteiger partial charge in [-0.25, -0.2) is 4.98 Å². The van der Waals surface area contributed by atoms with Crippen molar-refractivity contribution >= 4 is 29.3 Å². The van der Waals surface area contributed by atoms with Crippen LogP contribution >= 0.6 is 0 Å². The fourth-order valence-corrected chi connectivity index (χ4v) is 3.03. The summed E-state index contributed by atoms with van der Waals surface area (Å²) < 4.78 is 0. The molecule has 0 spiro atoms. The average Bonchev–Trinajstić information content (AvgIpc) is 3.39. The maximum absolute atomic E-state index is 11.6. The second kappa shape index (κ2) is 6.62. The Kier molecular flexibility index (Phi) is 4.16. The summed E-state index contributed by atoms with van der Waals surface area (Å²) in [6.45, 7) is 0.975. The summed E-state index contributed by atoms with van der Waals surface area (Å²) in [4.78, 5) is 31.6. The van der Waals surface area contributed by atoms with Crippen LogP contribution in [0.4, 0.5) is 17.5 Å². The van der Waals surface area contributed by atoms with Gasteiger partial charge in [-0.2, -0.15) is 4.98 Å². The van der Waals surface area contributed by atoms with Gasteiger partial charge >= 0.3 is 0 Å². The van der Waals surface area contributed by atoms with Crippen molar-refractivity contribution in [1.82, 2.24) is 15.3 Å². The van der Waals surface area contributed by atoms with Crippen molar-refractivity contribution in [2.45, 2.75) is 31.7 Å². The minimum absolute atomic E-state index is 0.0440. The first-order valence-electron chi connectivity index (χ1n) is 8.67. The SMILES string of the molecule is NC(=O)CCNc1nc(Nc2ccc3c(c2)CNC3=O)ncc1C1CC1. The molecule has 2 amide bonds. The predicted octanol–water partition coefficient (Wildman–Crippen LogP) is 1.63. The van der Waals surface area contributed by atoms with E-state index in [1.165, 1.54) is 0 Å². The topological polar surface area (TPSA) is 122 Å². The normalized spacial score (nSPS) is 15.3. The molecule has 2 aromatic rings. The number of nitrogens with zero attached hydrogens (tertiary/aromatic N) is 2. The highest BCUT2D eigenvalue weighted by Gasteiger charge is 2.27. The zero-order chi connectivity index (χ0) is 18.1. The molecule has 26 heavy (non-hydrogen) atoms. The molecule has 0 atom stereocenters. The van der Waals surface area contributed by atoms with Gasteiger partial charge in [-0.15, -0.1) is 0 Å². The van der Waals surface area contributed by atoms with Crippen LogP contribution in [0.1, 0.15) is 46.7 Å². The number of nitrogens with one attached hydrogen (secondary N) is 3. The van der Waals surface area contributed by atoms with Crippen LogP contribution in [-0.4, -0.2) is 28.3 Å². The zero-order valence-electron chi connectivity index (χ0n) is 14.2. The van der Waals surface area contributed by atoms with Gasteiger partial charge in [0.05, 0.1) is 0 Å². The highest BCUT2D eigenvalue weighted by molar-refractivity contribution is 5.98. The molecule has 8 nitrogen and oxygen atoms in total. The van der Waals surface area contributed by atoms with E-state index in [-0.39, 0.29) is 18.2 Å². The van der Waals surface area contributed by atoms with Crippen LogP contribution in [-0.2, 0) is 11.3 Å². The third kappa shape index (κ3) is 3.44. The quantitative estimate of drug-likeness (QED) is 0.601. The van der Waals surface area contributed by atoms with Crippen molar-refractivity contribution < 1.29 is 9.59 Å². The highest BCUT2D eigenvalue weighted by atomic mass is 16.2. The lowest BCUT2D eigenvalue weighted by Gasteiger charge is -2.12. The van der Waals surface area contributed by atoms with E-state index >= 15 is 0 Å². The number of rotatable bonds is 7. The van der Waals surface area contributed by atoms with Gasteiger partial charge in [0, 0.05) is 42.5 Å². The number of carbonyl (C=O) groups excluding carboxylic acids is 2. The minimum atomic E-state index is -0.348. The molecule has 0 bridgehead atoms. The molecule has 2 heterocycles. The van der Waals surface area contributed by atoms with Crippen molar-refractivity contribution in [3.8, 4) is 0 Å². The van der Waals surface area contributed by atoms with E-state index in [9.17, 15) is 9.59 Å². The maximum Gasteiger partial charge on any atom is 0.251 e. The average molecular weight is 352 g/mol. The summed E-state index contributed by atoms with van der Waals surface area (Å²) in [5.41, 5.74) is 8.75. The lowest BCUT2D eigenvalue weighted by molar-refractivity contribution is -0.117. The molecule has 1 saturated carbocycles. The van der Waals surface area contributed by atoms with Crippen molar-refractivity contribution in [2.24, 2.45) is 5.73 Å². The molecule has 1 aromatic heterocycles. The Bertz CT molecular complexity index is 878. The number of fused-ring (bicyclic) bond motifs is 1. The standard InChI is InChI=1S/C18H20N6O2/c19-15(25)5-6-20-16-14(10-1-2-10)9-22-18(24-16)23-12-3-4-13-11(7-12)8-21-17(13)26/h3-4,7,9-10H,1-2,5-6,8H2,(H2,19,25)(H,21,26)(H2,20,22,23,24). The van der Waals surface area contributed by atoms with E-state index in [2.05, 4.69) is 25.9 Å². The van der Waals surface area contributed by atoms with Crippen LogP contribution in [0.25, 0.3) is 0 Å². The maximum atomic E-state index is 11.6. The van der Waals surface area contributed by atoms with E-state index < -0.39 is 0 Å². The largest absolute Gasteiger partial charge is 0.370 e. The number of aromatic nitrogens is 2. The monoisotopic (exact) mass is 352 g/mol. The minimum Gasteiger partial charge on any atom is -0.370 e. The van der Waals surface area contributed by atoms with Crippen molar-refractivity contribution in [2.75, 3.05) is 17.2 Å². The second-order valence-corrected chi connectivity index (χ2v) is 6.59. The van der Waals surface area contributed by atoms with Crippen LogP contribution in [0.2, 0.25) is 0 Å². The molecular weight excluding hydrogens is 332 g/mol. The van der Waals surface area contributed by atoms with Crippen LogP contribution < -0.4 is 21.7 Å². The molecule has 0 radical (unpaired) electrons. The number of amides is 2. The van der Waals surface area contributed by atoms with E-state index in [0.717, 1.165) is 35.5 Å². The Morgan fingerprint density at radius 2 is 2.19 bits per heavy atom. The lowest BCUT2D eigenvalue weighted by Crippen LogP contribution is -2.17. The number of primary amides is 1. The molecule has 5 N–H and O–H groups in total. The molecule has 0 unspecified atom stereocenters. The Labute approximate surface area is 150 Å². The molecule has 1 aliphatic heterocycles. The van der Waals surface area contributed by atoms with E-state index in [4.69, 9.17) is 5.73 Å². The van der Waals surface area contributed by atoms with Gasteiger partial charge in [-0.05, 0) is 42.5 Å². The summed E-state index contributed by atoms with van der Waals surface area (Å²) in [6.07, 6.45) is 4.35. The fraction of sp³-hybridized carbons (Fsp3) is 0.333. The van der Waals surface area contributed by atoms with Gasteiger partial charge < -0.3 is 21.7 Å². The first-order chi connectivity index (χ1) is 12.6. The fourth-order valence-electron chi connectivity index (χ4n) is 3.03. The summed E-state index contributed by atoms with van der Waals surface area (Å²) >= 11 is 0. The molecule has 4 rings (SSSR count). The number of hydrogen-bond acceptors (Lipinski definition) is 6. The Balaban J connectivity index is 1.53. The van der Waals surface area contributed by atoms with Crippen molar-refractivity contribution in [1.29, 1.82) is 0 Å². The number of benzene rings is 1. The Morgan fingerprint density at radius 3 is 2.96 bits per heavy atom. The smallest absolute Gasteiger partial charge is 0.251 e. The van der Waals surface area contributed by atoms with Crippen LogP contribution in [0.3, 0.4) is 0 Å². The van der Waals surface area contributed by atoms with Crippen molar-refractivity contribution in [3.05, 3.63) is 41.1 Å². The predicted molar refractivity (Wildman–Crippen MR) is 97.2 cm³/mol. The molecular formula is C18H20N6O2. The molecule has 2 aliphatic rings. The van der Waals surface area contributed by atoms with Gasteiger partial charge in [-0.3, -0.25) is 9.59 Å². The number of anilines is 3. The third-order valence-electron chi connectivity index (χ3n) is 4.54. The number of carbonyl (C=O) groups is 2. The van der Waals surface area contributed by atoms with Crippen LogP contribution in [0, 0.1) is 0 Å². The first-order valence-corrected chi connectivity index (χ1v) is 8.67. The van der Waals surface area contributed by atoms with Gasteiger partial charge in [0.2, 0.25) is 11.9 Å².